The van der Waals surface area contributed by atoms with Crippen molar-refractivity contribution in [2.24, 2.45) is 4.99 Å². The summed E-state index contributed by atoms with van der Waals surface area (Å²) in [5.41, 5.74) is 2.68. The van der Waals surface area contributed by atoms with Crippen molar-refractivity contribution in [3.8, 4) is 0 Å². The van der Waals surface area contributed by atoms with Crippen molar-refractivity contribution < 1.29 is 0 Å². The Labute approximate surface area is 181 Å². The molecule has 27 heavy (non-hydrogen) atoms. The maximum atomic E-state index is 4.61. The molecule has 2 N–H and O–H groups in total. The number of nitrogens with zero attached hydrogens (tertiary/aromatic N) is 3. The maximum absolute atomic E-state index is 4.61. The average molecular weight is 495 g/mol. The zero-order valence-electron chi connectivity index (χ0n) is 15.5. The van der Waals surface area contributed by atoms with Crippen LogP contribution in [0.4, 0.5) is 0 Å². The second-order valence-electron chi connectivity index (χ2n) is 6.96. The lowest BCUT2D eigenvalue weighted by Crippen LogP contribution is -2.44. The molecule has 1 fully saturated rings. The predicted octanol–water partition coefficient (Wildman–Crippen LogP) is 4.19. The van der Waals surface area contributed by atoms with E-state index in [2.05, 4.69) is 61.5 Å². The Kier molecular flexibility index (Phi) is 6.75. The Balaban J connectivity index is 0.00000210. The van der Waals surface area contributed by atoms with E-state index in [0.717, 1.165) is 23.2 Å². The Morgan fingerprint density at radius 1 is 1.22 bits per heavy atom. The van der Waals surface area contributed by atoms with Crippen LogP contribution in [-0.4, -0.2) is 28.9 Å². The Bertz CT molecular complexity index is 852. The third-order valence-corrected chi connectivity index (χ3v) is 6.12. The van der Waals surface area contributed by atoms with Gasteiger partial charge in [-0.15, -0.1) is 35.3 Å². The number of fused-ring (bicyclic) bond motifs is 1. The molecule has 5 nitrogen and oxygen atoms in total. The highest BCUT2D eigenvalue weighted by molar-refractivity contribution is 14.0. The summed E-state index contributed by atoms with van der Waals surface area (Å²) in [6.45, 7) is 1.58. The van der Waals surface area contributed by atoms with E-state index in [1.54, 1.807) is 11.3 Å². The largest absolute Gasteiger partial charge is 0.356 e. The molecule has 0 aliphatic heterocycles. The van der Waals surface area contributed by atoms with E-state index in [0.29, 0.717) is 6.54 Å². The van der Waals surface area contributed by atoms with Gasteiger partial charge >= 0.3 is 0 Å². The van der Waals surface area contributed by atoms with Crippen LogP contribution in [0.15, 0.2) is 53.1 Å². The lowest BCUT2D eigenvalue weighted by atomic mass is 9.79. The standard InChI is InChI=1S/C20H25N5S.HI/c1-21-18(22-13-17-14-25-11-12-26-19(25)24-17)23-15-20(9-5-6-10-20)16-7-3-2-4-8-16;/h2-4,7-8,11-12,14H,5-6,9-10,13,15H2,1H3,(H2,21,22,23);1H. The zero-order chi connectivity index (χ0) is 17.8. The van der Waals surface area contributed by atoms with Crippen molar-refractivity contribution in [2.45, 2.75) is 37.6 Å². The number of benzene rings is 1. The highest BCUT2D eigenvalue weighted by atomic mass is 127. The molecule has 1 saturated carbocycles. The zero-order valence-corrected chi connectivity index (χ0v) is 18.7. The normalized spacial score (nSPS) is 16.3. The van der Waals surface area contributed by atoms with Crippen LogP contribution < -0.4 is 10.6 Å². The monoisotopic (exact) mass is 495 g/mol. The van der Waals surface area contributed by atoms with Gasteiger partial charge in [-0.05, 0) is 18.4 Å². The van der Waals surface area contributed by atoms with Crippen LogP contribution in [0.3, 0.4) is 0 Å². The number of hydrogen-bond acceptors (Lipinski definition) is 3. The SMILES string of the molecule is CN=C(NCc1cn2ccsc2n1)NCC1(c2ccccc2)CCCC1.I. The number of imidazole rings is 1. The molecule has 1 aliphatic carbocycles. The summed E-state index contributed by atoms with van der Waals surface area (Å²) in [7, 11) is 1.82. The van der Waals surface area contributed by atoms with Gasteiger partial charge in [0.15, 0.2) is 10.9 Å². The minimum absolute atomic E-state index is 0. The molecule has 7 heteroatoms. The van der Waals surface area contributed by atoms with Crippen molar-refractivity contribution in [3.63, 3.8) is 0 Å². The smallest absolute Gasteiger partial charge is 0.193 e. The van der Waals surface area contributed by atoms with E-state index >= 15 is 0 Å². The van der Waals surface area contributed by atoms with Gasteiger partial charge in [-0.2, -0.15) is 0 Å². The van der Waals surface area contributed by atoms with E-state index in [1.807, 2.05) is 18.6 Å². The molecule has 1 aromatic carbocycles. The van der Waals surface area contributed by atoms with E-state index in [9.17, 15) is 0 Å². The summed E-state index contributed by atoms with van der Waals surface area (Å²) in [4.78, 5) is 10.0. The van der Waals surface area contributed by atoms with Crippen LogP contribution in [0, 0.1) is 0 Å². The van der Waals surface area contributed by atoms with Crippen LogP contribution in [0.1, 0.15) is 36.9 Å². The molecule has 144 valence electrons. The quantitative estimate of drug-likeness (QED) is 0.317. The topological polar surface area (TPSA) is 53.7 Å². The van der Waals surface area contributed by atoms with Crippen LogP contribution >= 0.6 is 35.3 Å². The molecule has 2 heterocycles. The molecule has 0 radical (unpaired) electrons. The Hall–Kier alpha value is -1.61. The van der Waals surface area contributed by atoms with Gasteiger partial charge in [0.1, 0.15) is 0 Å². The molecule has 0 bridgehead atoms. The molecule has 0 unspecified atom stereocenters. The van der Waals surface area contributed by atoms with Gasteiger partial charge in [-0.25, -0.2) is 4.98 Å². The number of rotatable bonds is 5. The number of nitrogens with one attached hydrogen (secondary N) is 2. The fourth-order valence-electron chi connectivity index (χ4n) is 3.92. The molecule has 3 aromatic rings. The Morgan fingerprint density at radius 2 is 2.00 bits per heavy atom. The molecule has 0 atom stereocenters. The Morgan fingerprint density at radius 3 is 2.70 bits per heavy atom. The minimum atomic E-state index is 0. The van der Waals surface area contributed by atoms with Crippen LogP contribution in [0.2, 0.25) is 0 Å². The van der Waals surface area contributed by atoms with E-state index in [4.69, 9.17) is 0 Å². The first-order chi connectivity index (χ1) is 12.8. The van der Waals surface area contributed by atoms with E-state index in [-0.39, 0.29) is 29.4 Å². The predicted molar refractivity (Wildman–Crippen MR) is 123 cm³/mol. The third-order valence-electron chi connectivity index (χ3n) is 5.34. The van der Waals surface area contributed by atoms with Gasteiger partial charge in [-0.1, -0.05) is 43.2 Å². The lowest BCUT2D eigenvalue weighted by molar-refractivity contribution is 0.431. The van der Waals surface area contributed by atoms with Crippen LogP contribution in [0.5, 0.6) is 0 Å². The van der Waals surface area contributed by atoms with E-state index < -0.39 is 0 Å². The molecule has 0 saturated heterocycles. The summed E-state index contributed by atoms with van der Waals surface area (Å²) in [6.07, 6.45) is 9.17. The minimum Gasteiger partial charge on any atom is -0.356 e. The molecular weight excluding hydrogens is 469 g/mol. The highest BCUT2D eigenvalue weighted by Gasteiger charge is 2.35. The molecule has 4 rings (SSSR count). The van der Waals surface area contributed by atoms with E-state index in [1.165, 1.54) is 31.2 Å². The first kappa shape index (κ1) is 20.1. The summed E-state index contributed by atoms with van der Waals surface area (Å²) in [5.74, 6) is 0.837. The highest BCUT2D eigenvalue weighted by Crippen LogP contribution is 2.40. The molecule has 2 aromatic heterocycles. The first-order valence-electron chi connectivity index (χ1n) is 9.20. The van der Waals surface area contributed by atoms with Crippen molar-refractivity contribution in [1.29, 1.82) is 0 Å². The van der Waals surface area contributed by atoms with Gasteiger partial charge in [0.2, 0.25) is 0 Å². The van der Waals surface area contributed by atoms with Crippen molar-refractivity contribution in [3.05, 3.63) is 59.4 Å². The number of aliphatic imine (C=N–C) groups is 1. The maximum Gasteiger partial charge on any atom is 0.193 e. The summed E-state index contributed by atoms with van der Waals surface area (Å²) >= 11 is 1.65. The van der Waals surface area contributed by atoms with Gasteiger partial charge in [0, 0.05) is 36.8 Å². The molecule has 0 spiro atoms. The van der Waals surface area contributed by atoms with Crippen LogP contribution in [-0.2, 0) is 12.0 Å². The molecule has 0 amide bonds. The average Bonchev–Trinajstić information content (AvgIpc) is 3.39. The number of thiazole rings is 1. The number of guanidine groups is 1. The van der Waals surface area contributed by atoms with Gasteiger partial charge in [-0.3, -0.25) is 9.39 Å². The summed E-state index contributed by atoms with van der Waals surface area (Å²) in [5, 5.41) is 9.00. The lowest BCUT2D eigenvalue weighted by Gasteiger charge is -2.30. The van der Waals surface area contributed by atoms with Gasteiger partial charge < -0.3 is 10.6 Å². The van der Waals surface area contributed by atoms with Crippen molar-refractivity contribution in [2.75, 3.05) is 13.6 Å². The van der Waals surface area contributed by atoms with Gasteiger partial charge in [0.05, 0.1) is 12.2 Å². The molecular formula is C20H26IN5S. The third kappa shape index (κ3) is 4.45. The fraction of sp³-hybridized carbons (Fsp3) is 0.400. The fourth-order valence-corrected chi connectivity index (χ4v) is 4.64. The van der Waals surface area contributed by atoms with Crippen molar-refractivity contribution >= 4 is 46.2 Å². The number of halogens is 1. The second-order valence-corrected chi connectivity index (χ2v) is 7.83. The van der Waals surface area contributed by atoms with Gasteiger partial charge in [0.25, 0.3) is 0 Å². The first-order valence-corrected chi connectivity index (χ1v) is 10.1. The number of aromatic nitrogens is 2. The summed E-state index contributed by atoms with van der Waals surface area (Å²) in [6, 6.07) is 10.9. The van der Waals surface area contributed by atoms with Crippen LogP contribution in [0.25, 0.3) is 4.96 Å². The second kappa shape index (κ2) is 9.05. The molecule has 1 aliphatic rings. The number of hydrogen-bond donors (Lipinski definition) is 2. The van der Waals surface area contributed by atoms with Crippen molar-refractivity contribution in [1.82, 2.24) is 20.0 Å². The summed E-state index contributed by atoms with van der Waals surface area (Å²) < 4.78 is 2.06.